The molecule has 0 spiro atoms. The van der Waals surface area contributed by atoms with Crippen LogP contribution in [0, 0.1) is 5.82 Å². The first kappa shape index (κ1) is 13.0. The maximum atomic E-state index is 13.6. The number of halogens is 1. The molecule has 0 aliphatic carbocycles. The molecule has 1 aromatic carbocycles. The molecule has 0 N–H and O–H groups in total. The van der Waals surface area contributed by atoms with Crippen LogP contribution in [0.1, 0.15) is 19.4 Å². The molecule has 0 bridgehead atoms. The van der Waals surface area contributed by atoms with Gasteiger partial charge >= 0.3 is 0 Å². The van der Waals surface area contributed by atoms with Crippen molar-refractivity contribution in [3.05, 3.63) is 29.6 Å². The van der Waals surface area contributed by atoms with Crippen LogP contribution in [0.2, 0.25) is 0 Å². The summed E-state index contributed by atoms with van der Waals surface area (Å²) >= 11 is 0. The highest BCUT2D eigenvalue weighted by molar-refractivity contribution is 5.29. The fourth-order valence-corrected chi connectivity index (χ4v) is 1.42. The van der Waals surface area contributed by atoms with E-state index < -0.39 is 0 Å². The van der Waals surface area contributed by atoms with Crippen LogP contribution in [0.3, 0.4) is 0 Å². The summed E-state index contributed by atoms with van der Waals surface area (Å²) in [7, 11) is 5.80. The first-order chi connectivity index (χ1) is 7.36. The van der Waals surface area contributed by atoms with Gasteiger partial charge in [0, 0.05) is 5.56 Å². The van der Waals surface area contributed by atoms with Crippen LogP contribution in [-0.2, 0) is 6.54 Å². The highest BCUT2D eigenvalue weighted by Gasteiger charge is 2.22. The van der Waals surface area contributed by atoms with Crippen LogP contribution in [0.15, 0.2) is 18.2 Å². The van der Waals surface area contributed by atoms with Crippen LogP contribution >= 0.6 is 0 Å². The maximum Gasteiger partial charge on any atom is 0.132 e. The molecule has 90 valence electrons. The SMILES string of the molecule is COc1ccc(F)c(C[N+](C)(C)C(C)C)c1. The molecule has 0 amide bonds. The van der Waals surface area contributed by atoms with Crippen molar-refractivity contribution in [2.75, 3.05) is 21.2 Å². The number of methoxy groups -OCH3 is 1. The highest BCUT2D eigenvalue weighted by atomic mass is 19.1. The third-order valence-electron chi connectivity index (χ3n) is 3.23. The predicted molar refractivity (Wildman–Crippen MR) is 63.9 cm³/mol. The second-order valence-electron chi connectivity index (χ2n) is 4.99. The van der Waals surface area contributed by atoms with Gasteiger partial charge in [-0.25, -0.2) is 4.39 Å². The summed E-state index contributed by atoms with van der Waals surface area (Å²) in [4.78, 5) is 0. The van der Waals surface area contributed by atoms with E-state index in [4.69, 9.17) is 4.74 Å². The van der Waals surface area contributed by atoms with Crippen molar-refractivity contribution in [2.24, 2.45) is 0 Å². The first-order valence-corrected chi connectivity index (χ1v) is 5.52. The van der Waals surface area contributed by atoms with E-state index in [1.165, 1.54) is 6.07 Å². The van der Waals surface area contributed by atoms with Crippen molar-refractivity contribution in [1.82, 2.24) is 0 Å². The Morgan fingerprint density at radius 3 is 2.44 bits per heavy atom. The standard InChI is InChI=1S/C13H21FNO/c1-10(2)15(3,4)9-11-8-12(16-5)6-7-13(11)14/h6-8,10H,9H2,1-5H3/q+1. The fraction of sp³-hybridized carbons (Fsp3) is 0.538. The van der Waals surface area contributed by atoms with Gasteiger partial charge in [-0.05, 0) is 32.0 Å². The smallest absolute Gasteiger partial charge is 0.132 e. The molecule has 0 saturated heterocycles. The van der Waals surface area contributed by atoms with Crippen molar-refractivity contribution in [3.63, 3.8) is 0 Å². The number of ether oxygens (including phenoxy) is 1. The molecule has 0 radical (unpaired) electrons. The molecule has 16 heavy (non-hydrogen) atoms. The molecule has 0 saturated carbocycles. The number of nitrogens with zero attached hydrogens (tertiary/aromatic N) is 1. The summed E-state index contributed by atoms with van der Waals surface area (Å²) in [6.45, 7) is 4.94. The van der Waals surface area contributed by atoms with Gasteiger partial charge in [0.1, 0.15) is 18.1 Å². The van der Waals surface area contributed by atoms with Crippen molar-refractivity contribution >= 4 is 0 Å². The first-order valence-electron chi connectivity index (χ1n) is 5.52. The Morgan fingerprint density at radius 1 is 1.31 bits per heavy atom. The summed E-state index contributed by atoms with van der Waals surface area (Å²) in [5.41, 5.74) is 0.707. The quantitative estimate of drug-likeness (QED) is 0.717. The zero-order chi connectivity index (χ0) is 12.3. The number of quaternary nitrogens is 1. The average molecular weight is 226 g/mol. The number of hydrogen-bond acceptors (Lipinski definition) is 1. The molecule has 0 atom stereocenters. The van der Waals surface area contributed by atoms with Gasteiger partial charge in [-0.1, -0.05) is 0 Å². The Labute approximate surface area is 97.2 Å². The molecule has 0 aromatic heterocycles. The summed E-state index contributed by atoms with van der Waals surface area (Å²) in [5.74, 6) is 0.549. The van der Waals surface area contributed by atoms with Crippen molar-refractivity contribution in [1.29, 1.82) is 0 Å². The Morgan fingerprint density at radius 2 is 1.94 bits per heavy atom. The van der Waals surface area contributed by atoms with E-state index >= 15 is 0 Å². The maximum absolute atomic E-state index is 13.6. The molecular weight excluding hydrogens is 205 g/mol. The molecular formula is C13H21FNO+. The highest BCUT2D eigenvalue weighted by Crippen LogP contribution is 2.21. The molecule has 0 aliphatic rings. The van der Waals surface area contributed by atoms with E-state index in [2.05, 4.69) is 27.9 Å². The minimum atomic E-state index is -0.160. The molecule has 1 aromatic rings. The third kappa shape index (κ3) is 2.95. The Kier molecular flexibility index (Phi) is 3.92. The minimum absolute atomic E-state index is 0.160. The van der Waals surface area contributed by atoms with Gasteiger partial charge in [0.15, 0.2) is 0 Å². The zero-order valence-corrected chi connectivity index (χ0v) is 10.7. The molecule has 3 heteroatoms. The summed E-state index contributed by atoms with van der Waals surface area (Å²) in [6, 6.07) is 5.34. The number of rotatable bonds is 4. The van der Waals surface area contributed by atoms with E-state index in [-0.39, 0.29) is 5.82 Å². The average Bonchev–Trinajstić information content (AvgIpc) is 2.21. The monoisotopic (exact) mass is 226 g/mol. The van der Waals surface area contributed by atoms with Gasteiger partial charge in [0.05, 0.1) is 27.2 Å². The predicted octanol–water partition coefficient (Wildman–Crippen LogP) is 2.82. The lowest BCUT2D eigenvalue weighted by Gasteiger charge is -2.34. The third-order valence-corrected chi connectivity index (χ3v) is 3.23. The molecule has 0 aliphatic heterocycles. The van der Waals surface area contributed by atoms with E-state index in [1.54, 1.807) is 19.2 Å². The van der Waals surface area contributed by atoms with Crippen LogP contribution < -0.4 is 4.74 Å². The van der Waals surface area contributed by atoms with Crippen molar-refractivity contribution in [2.45, 2.75) is 26.4 Å². The van der Waals surface area contributed by atoms with E-state index in [1.807, 2.05) is 0 Å². The normalized spacial score (nSPS) is 11.9. The van der Waals surface area contributed by atoms with E-state index in [0.717, 1.165) is 4.48 Å². The summed E-state index contributed by atoms with van der Waals surface area (Å²) in [6.07, 6.45) is 0. The van der Waals surface area contributed by atoms with E-state index in [0.29, 0.717) is 23.9 Å². The van der Waals surface area contributed by atoms with E-state index in [9.17, 15) is 4.39 Å². The lowest BCUT2D eigenvalue weighted by molar-refractivity contribution is -0.924. The van der Waals surface area contributed by atoms with Gasteiger partial charge < -0.3 is 9.22 Å². The molecule has 0 heterocycles. The lowest BCUT2D eigenvalue weighted by Crippen LogP contribution is -2.45. The van der Waals surface area contributed by atoms with Crippen LogP contribution in [0.4, 0.5) is 4.39 Å². The number of hydrogen-bond donors (Lipinski definition) is 0. The van der Waals surface area contributed by atoms with Gasteiger partial charge in [-0.2, -0.15) is 0 Å². The molecule has 2 nitrogen and oxygen atoms in total. The minimum Gasteiger partial charge on any atom is -0.497 e. The van der Waals surface area contributed by atoms with Gasteiger partial charge in [0.25, 0.3) is 0 Å². The number of benzene rings is 1. The Bertz CT molecular complexity index is 361. The van der Waals surface area contributed by atoms with Crippen molar-refractivity contribution in [3.8, 4) is 5.75 Å². The molecule has 0 unspecified atom stereocenters. The van der Waals surface area contributed by atoms with Crippen molar-refractivity contribution < 1.29 is 13.6 Å². The zero-order valence-electron chi connectivity index (χ0n) is 10.7. The second kappa shape index (κ2) is 4.83. The Balaban J connectivity index is 2.96. The topological polar surface area (TPSA) is 9.23 Å². The lowest BCUT2D eigenvalue weighted by atomic mass is 10.1. The van der Waals surface area contributed by atoms with Gasteiger partial charge in [-0.3, -0.25) is 0 Å². The van der Waals surface area contributed by atoms with Crippen LogP contribution in [0.5, 0.6) is 5.75 Å². The summed E-state index contributed by atoms with van der Waals surface area (Å²) < 4.78 is 19.5. The van der Waals surface area contributed by atoms with Gasteiger partial charge in [0.2, 0.25) is 0 Å². The largest absolute Gasteiger partial charge is 0.497 e. The molecule has 0 fully saturated rings. The fourth-order valence-electron chi connectivity index (χ4n) is 1.42. The summed E-state index contributed by atoms with van der Waals surface area (Å²) in [5, 5.41) is 0. The molecule has 1 rings (SSSR count). The van der Waals surface area contributed by atoms with Gasteiger partial charge in [-0.15, -0.1) is 0 Å². The Hall–Kier alpha value is -1.09. The van der Waals surface area contributed by atoms with Crippen LogP contribution in [0.25, 0.3) is 0 Å². The van der Waals surface area contributed by atoms with Crippen LogP contribution in [-0.4, -0.2) is 31.7 Å². The second-order valence-corrected chi connectivity index (χ2v) is 4.99.